The molecule has 2 aromatic rings. The van der Waals surface area contributed by atoms with Crippen LogP contribution in [0.1, 0.15) is 40.7 Å². The molecule has 0 saturated carbocycles. The van der Waals surface area contributed by atoms with E-state index in [0.717, 1.165) is 58.6 Å². The Morgan fingerprint density at radius 1 is 1.24 bits per heavy atom. The van der Waals surface area contributed by atoms with Crippen molar-refractivity contribution in [3.8, 4) is 6.07 Å². The largest absolute Gasteiger partial charge is 0.299 e. The highest BCUT2D eigenvalue weighted by Gasteiger charge is 2.22. The Morgan fingerprint density at radius 3 is 2.80 bits per heavy atom. The molecular weight excluding hydrogens is 374 g/mol. The van der Waals surface area contributed by atoms with Gasteiger partial charge in [0.25, 0.3) is 0 Å². The molecule has 0 bridgehead atoms. The van der Waals surface area contributed by atoms with E-state index in [1.807, 2.05) is 6.07 Å². The summed E-state index contributed by atoms with van der Waals surface area (Å²) in [5, 5.41) is 9.62. The molecule has 0 amide bonds. The molecule has 3 nitrogen and oxygen atoms in total. The third-order valence-corrected chi connectivity index (χ3v) is 6.05. The predicted molar refractivity (Wildman–Crippen MR) is 104 cm³/mol. The van der Waals surface area contributed by atoms with Crippen LogP contribution in [-0.2, 0) is 13.0 Å². The molecule has 126 valence electrons. The molecule has 25 heavy (non-hydrogen) atoms. The van der Waals surface area contributed by atoms with Gasteiger partial charge in [-0.15, -0.1) is 0 Å². The second-order valence-corrected chi connectivity index (χ2v) is 7.74. The summed E-state index contributed by atoms with van der Waals surface area (Å²) in [5.74, 6) is 0. The fourth-order valence-corrected chi connectivity index (χ4v) is 4.18. The summed E-state index contributed by atoms with van der Waals surface area (Å²) >= 11 is 3.60. The zero-order valence-corrected chi connectivity index (χ0v) is 15.9. The Labute approximate surface area is 157 Å². The van der Waals surface area contributed by atoms with E-state index in [0.29, 0.717) is 0 Å². The van der Waals surface area contributed by atoms with Crippen LogP contribution >= 0.6 is 15.9 Å². The highest BCUT2D eigenvalue weighted by atomic mass is 79.9. The van der Waals surface area contributed by atoms with E-state index >= 15 is 0 Å². The van der Waals surface area contributed by atoms with Crippen LogP contribution in [0.2, 0.25) is 0 Å². The summed E-state index contributed by atoms with van der Waals surface area (Å²) in [7, 11) is 0. The van der Waals surface area contributed by atoms with Crippen molar-refractivity contribution >= 4 is 27.3 Å². The van der Waals surface area contributed by atoms with Crippen molar-refractivity contribution in [3.63, 3.8) is 0 Å². The van der Waals surface area contributed by atoms with Crippen LogP contribution in [-0.4, -0.2) is 23.7 Å². The minimum absolute atomic E-state index is 0.736. The highest BCUT2D eigenvalue weighted by Crippen LogP contribution is 2.34. The molecule has 1 fully saturated rings. The van der Waals surface area contributed by atoms with Crippen molar-refractivity contribution in [1.82, 2.24) is 4.90 Å². The molecule has 0 N–H and O–H groups in total. The summed E-state index contributed by atoms with van der Waals surface area (Å²) in [6.45, 7) is 5.34. The van der Waals surface area contributed by atoms with Crippen LogP contribution in [0, 0.1) is 18.3 Å². The quantitative estimate of drug-likeness (QED) is 0.743. The predicted octanol–water partition coefficient (Wildman–Crippen LogP) is 4.90. The molecule has 0 aromatic heterocycles. The minimum atomic E-state index is 0.736. The summed E-state index contributed by atoms with van der Waals surface area (Å²) in [4.78, 5) is 7.35. The van der Waals surface area contributed by atoms with Crippen LogP contribution in [0.4, 0.5) is 5.69 Å². The molecule has 2 aliphatic heterocycles. The van der Waals surface area contributed by atoms with Gasteiger partial charge in [-0.2, -0.15) is 5.26 Å². The van der Waals surface area contributed by atoms with Gasteiger partial charge in [-0.05, 0) is 62.2 Å². The number of nitrogens with zero attached hydrogens (tertiary/aromatic N) is 3. The van der Waals surface area contributed by atoms with Gasteiger partial charge in [0, 0.05) is 28.6 Å². The number of hydrogen-bond donors (Lipinski definition) is 0. The van der Waals surface area contributed by atoms with Gasteiger partial charge in [0.15, 0.2) is 0 Å². The Hall–Kier alpha value is -1.96. The lowest BCUT2D eigenvalue weighted by Gasteiger charge is -2.15. The van der Waals surface area contributed by atoms with Crippen LogP contribution in [0.3, 0.4) is 0 Å². The highest BCUT2D eigenvalue weighted by molar-refractivity contribution is 9.10. The first-order valence-corrected chi connectivity index (χ1v) is 9.56. The van der Waals surface area contributed by atoms with Gasteiger partial charge in [0.1, 0.15) is 0 Å². The maximum absolute atomic E-state index is 9.62. The number of nitriles is 1. The van der Waals surface area contributed by atoms with Crippen LogP contribution in [0.25, 0.3) is 0 Å². The molecule has 0 radical (unpaired) electrons. The van der Waals surface area contributed by atoms with E-state index in [1.165, 1.54) is 24.0 Å². The fourth-order valence-electron chi connectivity index (χ4n) is 3.82. The Bertz CT molecular complexity index is 902. The van der Waals surface area contributed by atoms with Gasteiger partial charge >= 0.3 is 0 Å². The first-order chi connectivity index (χ1) is 12.2. The standard InChI is InChI=1S/C21H20BrN3/c1-14-17(5-4-6-19(14)22)21-11-18-16(12-23)9-15(10-20(18)24-21)13-25-7-2-3-8-25/h4-6,9-10H,2-3,7-8,11,13H2,1H3. The molecule has 0 spiro atoms. The number of aliphatic imine (C=N–C) groups is 1. The van der Waals surface area contributed by atoms with E-state index < -0.39 is 0 Å². The average molecular weight is 394 g/mol. The molecule has 4 rings (SSSR count). The van der Waals surface area contributed by atoms with E-state index in [1.54, 1.807) is 0 Å². The number of fused-ring (bicyclic) bond motifs is 1. The molecule has 2 aromatic carbocycles. The van der Waals surface area contributed by atoms with Gasteiger partial charge in [-0.25, -0.2) is 0 Å². The molecule has 0 unspecified atom stereocenters. The van der Waals surface area contributed by atoms with Crippen molar-refractivity contribution in [2.45, 2.75) is 32.7 Å². The summed E-state index contributed by atoms with van der Waals surface area (Å²) in [6.07, 6.45) is 3.29. The summed E-state index contributed by atoms with van der Waals surface area (Å²) in [5.41, 5.74) is 7.44. The first kappa shape index (κ1) is 16.5. The first-order valence-electron chi connectivity index (χ1n) is 8.77. The number of hydrogen-bond acceptors (Lipinski definition) is 3. The van der Waals surface area contributed by atoms with Gasteiger partial charge in [0.2, 0.25) is 0 Å². The van der Waals surface area contributed by atoms with Gasteiger partial charge in [0.05, 0.1) is 23.0 Å². The number of halogens is 1. The number of benzene rings is 2. The third-order valence-electron chi connectivity index (χ3n) is 5.19. The van der Waals surface area contributed by atoms with E-state index in [4.69, 9.17) is 4.99 Å². The molecule has 1 saturated heterocycles. The molecule has 0 atom stereocenters. The maximum atomic E-state index is 9.62. The lowest BCUT2D eigenvalue weighted by atomic mass is 9.96. The minimum Gasteiger partial charge on any atom is -0.299 e. The van der Waals surface area contributed by atoms with Crippen molar-refractivity contribution in [1.29, 1.82) is 5.26 Å². The molecule has 2 aliphatic rings. The van der Waals surface area contributed by atoms with E-state index in [2.05, 4.69) is 58.1 Å². The maximum Gasteiger partial charge on any atom is 0.0995 e. The number of rotatable bonds is 3. The molecule has 4 heteroatoms. The summed E-state index contributed by atoms with van der Waals surface area (Å²) < 4.78 is 1.10. The van der Waals surface area contributed by atoms with E-state index in [-0.39, 0.29) is 0 Å². The molecule has 2 heterocycles. The van der Waals surface area contributed by atoms with Gasteiger partial charge in [-0.1, -0.05) is 28.1 Å². The van der Waals surface area contributed by atoms with E-state index in [9.17, 15) is 5.26 Å². The lowest BCUT2D eigenvalue weighted by Crippen LogP contribution is -2.18. The fraction of sp³-hybridized carbons (Fsp3) is 0.333. The molecule has 0 aliphatic carbocycles. The van der Waals surface area contributed by atoms with Crippen molar-refractivity contribution in [3.05, 3.63) is 62.6 Å². The second kappa shape index (κ2) is 6.74. The Kier molecular flexibility index (Phi) is 4.45. The van der Waals surface area contributed by atoms with Crippen molar-refractivity contribution < 1.29 is 0 Å². The monoisotopic (exact) mass is 393 g/mol. The van der Waals surface area contributed by atoms with Crippen LogP contribution in [0.5, 0.6) is 0 Å². The average Bonchev–Trinajstić information content (AvgIpc) is 3.26. The van der Waals surface area contributed by atoms with Crippen LogP contribution < -0.4 is 0 Å². The number of likely N-dealkylation sites (tertiary alicyclic amines) is 1. The summed E-state index contributed by atoms with van der Waals surface area (Å²) in [6, 6.07) is 12.8. The smallest absolute Gasteiger partial charge is 0.0995 e. The second-order valence-electron chi connectivity index (χ2n) is 6.88. The third kappa shape index (κ3) is 3.15. The van der Waals surface area contributed by atoms with Crippen LogP contribution in [0.15, 0.2) is 39.8 Å². The topological polar surface area (TPSA) is 39.4 Å². The van der Waals surface area contributed by atoms with Crippen molar-refractivity contribution in [2.24, 2.45) is 4.99 Å². The zero-order chi connectivity index (χ0) is 17.4. The normalized spacial score (nSPS) is 16.6. The van der Waals surface area contributed by atoms with Gasteiger partial charge in [-0.3, -0.25) is 9.89 Å². The lowest BCUT2D eigenvalue weighted by molar-refractivity contribution is 0.331. The van der Waals surface area contributed by atoms with Gasteiger partial charge < -0.3 is 0 Å². The molecular formula is C21H20BrN3. The Morgan fingerprint density at radius 2 is 2.04 bits per heavy atom. The van der Waals surface area contributed by atoms with Crippen molar-refractivity contribution in [2.75, 3.05) is 13.1 Å². The SMILES string of the molecule is Cc1c(Br)cccc1C1=Nc2cc(CN3CCCC3)cc(C#N)c2C1. The Balaban J connectivity index is 1.70. The zero-order valence-electron chi connectivity index (χ0n) is 14.3.